The Morgan fingerprint density at radius 2 is 1.75 bits per heavy atom. The number of amides is 1. The van der Waals surface area contributed by atoms with Crippen LogP contribution in [0.15, 0.2) is 82.4 Å². The number of hydrogen-bond acceptors (Lipinski definition) is 5. The monoisotopic (exact) mass is 586 g/mol. The number of ketones is 1. The van der Waals surface area contributed by atoms with E-state index in [2.05, 4.69) is 12.2 Å². The highest BCUT2D eigenvalue weighted by Gasteiger charge is 2.28. The number of Topliss-reactive ketones (excluding diaryl/α,β-unsaturated/α-hetero) is 1. The zero-order valence-electron chi connectivity index (χ0n) is 22.9. The number of allylic oxidation sites excluding steroid dienone is 4. The summed E-state index contributed by atoms with van der Waals surface area (Å²) >= 11 is 6.16. The minimum atomic E-state index is -3.80. The first-order chi connectivity index (χ1) is 19.1. The number of carboxylic acid groups (broad SMARTS) is 1. The Morgan fingerprint density at radius 3 is 2.35 bits per heavy atom. The normalized spacial score (nSPS) is 13.4. The molecule has 1 heterocycles. The van der Waals surface area contributed by atoms with Crippen molar-refractivity contribution in [2.45, 2.75) is 57.8 Å². The number of aryl methyl sites for hydroxylation is 1. The molecule has 2 N–H and O–H groups in total. The highest BCUT2D eigenvalue weighted by Crippen LogP contribution is 2.28. The Balaban J connectivity index is 0.00000178. The number of benzene rings is 2. The second-order valence-corrected chi connectivity index (χ2v) is 11.3. The van der Waals surface area contributed by atoms with Gasteiger partial charge in [0.25, 0.3) is 22.4 Å². The molecule has 0 unspecified atom stereocenters. The van der Waals surface area contributed by atoms with Gasteiger partial charge >= 0.3 is 0 Å². The van der Waals surface area contributed by atoms with Crippen LogP contribution in [0.25, 0.3) is 0 Å². The SMILES string of the molecule is C/C=C\C(Cl)=C/C1=CCCN1S(=O)(=O)c1ccc(C(=O)Nc2ccc(C(=O)CCCCC)cc2C)cc1.O=CO. The molecule has 0 spiro atoms. The first kappa shape index (κ1) is 32.5. The van der Waals surface area contributed by atoms with Crippen molar-refractivity contribution >= 4 is 45.5 Å². The van der Waals surface area contributed by atoms with Gasteiger partial charge in [-0.15, -0.1) is 0 Å². The third-order valence-electron chi connectivity index (χ3n) is 6.09. The van der Waals surface area contributed by atoms with E-state index in [1.165, 1.54) is 28.6 Å². The lowest BCUT2D eigenvalue weighted by Gasteiger charge is -2.21. The quantitative estimate of drug-likeness (QED) is 0.131. The summed E-state index contributed by atoms with van der Waals surface area (Å²) in [5.41, 5.74) is 2.87. The van der Waals surface area contributed by atoms with E-state index in [0.717, 1.165) is 24.8 Å². The summed E-state index contributed by atoms with van der Waals surface area (Å²) in [6.07, 6.45) is 11.0. The second kappa shape index (κ2) is 15.8. The number of hydrogen-bond donors (Lipinski definition) is 2. The molecule has 0 aliphatic carbocycles. The maximum atomic E-state index is 13.2. The number of nitrogens with zero attached hydrogens (tertiary/aromatic N) is 1. The zero-order valence-corrected chi connectivity index (χ0v) is 24.5. The Morgan fingerprint density at radius 1 is 1.10 bits per heavy atom. The van der Waals surface area contributed by atoms with Crippen LogP contribution < -0.4 is 5.32 Å². The Kier molecular flexibility index (Phi) is 12.8. The molecule has 2 aromatic carbocycles. The average molecular weight is 587 g/mol. The van der Waals surface area contributed by atoms with Crippen LogP contribution in [0.5, 0.6) is 0 Å². The van der Waals surface area contributed by atoms with Gasteiger partial charge < -0.3 is 10.4 Å². The standard InChI is InChI=1S/C29H33ClN2O4S.CH2O2/c1-4-6-7-11-28(33)23-14-17-27(21(3)19-23)31-29(34)22-12-15-26(16-13-22)37(35,36)32-18-8-10-25(32)20-24(30)9-5-2;2-1-3/h5,9-10,12-17,19-20H,4,6-8,11,18H2,1-3H3,(H,31,34);1H,(H,2,3)/b9-5-,24-20+;. The van der Waals surface area contributed by atoms with Crippen molar-refractivity contribution in [2.24, 2.45) is 0 Å². The maximum absolute atomic E-state index is 13.2. The molecule has 0 aromatic heterocycles. The molecular formula is C30H35ClN2O6S. The summed E-state index contributed by atoms with van der Waals surface area (Å²) in [7, 11) is -3.80. The summed E-state index contributed by atoms with van der Waals surface area (Å²) in [6, 6.07) is 11.1. The fourth-order valence-corrected chi connectivity index (χ4v) is 5.78. The third-order valence-corrected chi connectivity index (χ3v) is 8.17. The molecule has 0 atom stereocenters. The van der Waals surface area contributed by atoms with Crippen molar-refractivity contribution in [3.63, 3.8) is 0 Å². The average Bonchev–Trinajstić information content (AvgIpc) is 3.39. The lowest BCUT2D eigenvalue weighted by atomic mass is 10.0. The van der Waals surface area contributed by atoms with Crippen molar-refractivity contribution in [3.8, 4) is 0 Å². The van der Waals surface area contributed by atoms with Gasteiger partial charge in [-0.25, -0.2) is 8.42 Å². The molecule has 10 heteroatoms. The van der Waals surface area contributed by atoms with E-state index >= 15 is 0 Å². The molecule has 2 aromatic rings. The van der Waals surface area contributed by atoms with Crippen molar-refractivity contribution < 1.29 is 27.9 Å². The number of anilines is 1. The van der Waals surface area contributed by atoms with Gasteiger partial charge in [-0.2, -0.15) is 0 Å². The number of sulfonamides is 1. The molecule has 0 fully saturated rings. The van der Waals surface area contributed by atoms with E-state index < -0.39 is 10.0 Å². The number of halogens is 1. The van der Waals surface area contributed by atoms with Gasteiger partial charge in [-0.05, 0) is 86.9 Å². The number of unbranched alkanes of at least 4 members (excludes halogenated alkanes) is 2. The lowest BCUT2D eigenvalue weighted by molar-refractivity contribution is -0.122. The van der Waals surface area contributed by atoms with E-state index in [1.54, 1.807) is 36.4 Å². The van der Waals surface area contributed by atoms with E-state index in [9.17, 15) is 18.0 Å². The van der Waals surface area contributed by atoms with Crippen molar-refractivity contribution in [3.05, 3.63) is 94.2 Å². The van der Waals surface area contributed by atoms with Gasteiger partial charge in [0.2, 0.25) is 0 Å². The van der Waals surface area contributed by atoms with Crippen molar-refractivity contribution in [1.29, 1.82) is 0 Å². The third kappa shape index (κ3) is 8.93. The van der Waals surface area contributed by atoms with Crippen molar-refractivity contribution in [1.82, 2.24) is 4.31 Å². The molecule has 0 radical (unpaired) electrons. The van der Waals surface area contributed by atoms with E-state index in [0.29, 0.717) is 46.9 Å². The summed E-state index contributed by atoms with van der Waals surface area (Å²) < 4.78 is 27.8. The Bertz CT molecular complexity index is 1400. The van der Waals surface area contributed by atoms with Crippen LogP contribution in [0.4, 0.5) is 5.69 Å². The fraction of sp³-hybridized carbons (Fsp3) is 0.300. The first-order valence-electron chi connectivity index (χ1n) is 12.9. The summed E-state index contributed by atoms with van der Waals surface area (Å²) in [5, 5.41) is 10.2. The van der Waals surface area contributed by atoms with E-state index in [4.69, 9.17) is 21.5 Å². The molecule has 1 amide bonds. The molecule has 214 valence electrons. The van der Waals surface area contributed by atoms with Crippen LogP contribution >= 0.6 is 11.6 Å². The first-order valence-corrected chi connectivity index (χ1v) is 14.8. The fourth-order valence-electron chi connectivity index (χ4n) is 4.06. The molecule has 0 bridgehead atoms. The predicted molar refractivity (Wildman–Crippen MR) is 158 cm³/mol. The highest BCUT2D eigenvalue weighted by molar-refractivity contribution is 7.89. The van der Waals surface area contributed by atoms with E-state index in [1.807, 2.05) is 19.9 Å². The lowest BCUT2D eigenvalue weighted by Crippen LogP contribution is -2.27. The summed E-state index contributed by atoms with van der Waals surface area (Å²) in [5.74, 6) is -0.265. The molecule has 40 heavy (non-hydrogen) atoms. The maximum Gasteiger partial charge on any atom is 0.290 e. The van der Waals surface area contributed by atoms with Gasteiger partial charge in [0.15, 0.2) is 5.78 Å². The zero-order chi connectivity index (χ0) is 29.7. The molecule has 1 aliphatic rings. The summed E-state index contributed by atoms with van der Waals surface area (Å²) in [4.78, 5) is 33.7. The van der Waals surface area contributed by atoms with Crippen LogP contribution in [0.3, 0.4) is 0 Å². The minimum absolute atomic E-state index is 0.0922. The van der Waals surface area contributed by atoms with Gasteiger partial charge in [0, 0.05) is 40.5 Å². The van der Waals surface area contributed by atoms with Gasteiger partial charge in [0.1, 0.15) is 0 Å². The summed E-state index contributed by atoms with van der Waals surface area (Å²) in [6.45, 7) is 5.85. The highest BCUT2D eigenvalue weighted by atomic mass is 35.5. The van der Waals surface area contributed by atoms with Crippen LogP contribution in [0.2, 0.25) is 0 Å². The largest absolute Gasteiger partial charge is 0.483 e. The minimum Gasteiger partial charge on any atom is -0.483 e. The predicted octanol–water partition coefficient (Wildman–Crippen LogP) is 6.69. The van der Waals surface area contributed by atoms with E-state index in [-0.39, 0.29) is 23.1 Å². The number of nitrogens with one attached hydrogen (secondary N) is 1. The number of carbonyl (C=O) groups excluding carboxylic acids is 2. The second-order valence-electron chi connectivity index (χ2n) is 9.02. The van der Waals surface area contributed by atoms with Gasteiger partial charge in [0.05, 0.1) is 4.90 Å². The number of carbonyl (C=O) groups is 3. The van der Waals surface area contributed by atoms with Crippen molar-refractivity contribution in [2.75, 3.05) is 11.9 Å². The molecule has 8 nitrogen and oxygen atoms in total. The Hall–Kier alpha value is -3.69. The van der Waals surface area contributed by atoms with Crippen LogP contribution in [-0.4, -0.2) is 42.5 Å². The Labute approximate surface area is 241 Å². The number of rotatable bonds is 11. The van der Waals surface area contributed by atoms with Gasteiger partial charge in [-0.1, -0.05) is 43.5 Å². The smallest absolute Gasteiger partial charge is 0.290 e. The molecule has 0 saturated heterocycles. The van der Waals surface area contributed by atoms with Crippen LogP contribution in [-0.2, 0) is 14.8 Å². The van der Waals surface area contributed by atoms with Gasteiger partial charge in [-0.3, -0.25) is 18.7 Å². The molecule has 1 aliphatic heterocycles. The molecule has 3 rings (SSSR count). The molecular weight excluding hydrogens is 552 g/mol. The van der Waals surface area contributed by atoms with Crippen LogP contribution in [0, 0.1) is 6.92 Å². The topological polar surface area (TPSA) is 121 Å². The molecule has 0 saturated carbocycles. The van der Waals surface area contributed by atoms with Crippen LogP contribution in [0.1, 0.15) is 72.2 Å².